The Kier molecular flexibility index (Phi) is 6.71. The quantitative estimate of drug-likeness (QED) is 0.774. The summed E-state index contributed by atoms with van der Waals surface area (Å²) in [7, 11) is 0. The van der Waals surface area contributed by atoms with E-state index in [0.29, 0.717) is 18.5 Å². The largest absolute Gasteiger partial charge is 0.325 e. The van der Waals surface area contributed by atoms with Gasteiger partial charge in [-0.25, -0.2) is 0 Å². The van der Waals surface area contributed by atoms with Gasteiger partial charge in [-0.1, -0.05) is 47.7 Å². The van der Waals surface area contributed by atoms with Crippen molar-refractivity contribution in [3.8, 4) is 0 Å². The van der Waals surface area contributed by atoms with Crippen LogP contribution in [0.5, 0.6) is 0 Å². The number of carbonyl (C=O) groups is 1. The van der Waals surface area contributed by atoms with Gasteiger partial charge in [0, 0.05) is 16.2 Å². The lowest BCUT2D eigenvalue weighted by Gasteiger charge is -2.23. The number of hydrogen-bond donors (Lipinski definition) is 2. The molecular weight excluding hydrogens is 328 g/mol. The Bertz CT molecular complexity index is 456. The van der Waals surface area contributed by atoms with Crippen molar-refractivity contribution in [2.75, 3.05) is 11.9 Å². The van der Waals surface area contributed by atoms with Gasteiger partial charge in [0.15, 0.2) is 0 Å². The molecule has 1 aromatic carbocycles. The van der Waals surface area contributed by atoms with Crippen molar-refractivity contribution in [1.29, 1.82) is 0 Å². The minimum atomic E-state index is 0.0218. The number of hydrogen-bond acceptors (Lipinski definition) is 2. The number of amides is 1. The molecular formula is C17H25BrN2O. The van der Waals surface area contributed by atoms with Crippen LogP contribution in [0.2, 0.25) is 0 Å². The number of benzene rings is 1. The van der Waals surface area contributed by atoms with Gasteiger partial charge < -0.3 is 10.6 Å². The molecule has 1 aromatic rings. The highest BCUT2D eigenvalue weighted by Gasteiger charge is 2.19. The number of rotatable bonds is 5. The van der Waals surface area contributed by atoms with E-state index in [4.69, 9.17) is 0 Å². The van der Waals surface area contributed by atoms with E-state index in [9.17, 15) is 4.79 Å². The maximum atomic E-state index is 12.0. The second-order valence-electron chi connectivity index (χ2n) is 5.98. The fourth-order valence-corrected chi connectivity index (χ4v) is 3.40. The predicted molar refractivity (Wildman–Crippen MR) is 91.4 cm³/mol. The molecule has 1 amide bonds. The molecule has 116 valence electrons. The number of anilines is 1. The average Bonchev–Trinajstić information content (AvgIpc) is 2.74. The summed E-state index contributed by atoms with van der Waals surface area (Å²) < 4.78 is 0.972. The van der Waals surface area contributed by atoms with Crippen molar-refractivity contribution in [2.45, 2.75) is 51.5 Å². The first kappa shape index (κ1) is 16.5. The second kappa shape index (κ2) is 8.54. The van der Waals surface area contributed by atoms with E-state index in [1.807, 2.05) is 24.3 Å². The molecule has 0 spiro atoms. The van der Waals surface area contributed by atoms with Gasteiger partial charge in [0.2, 0.25) is 5.91 Å². The van der Waals surface area contributed by atoms with Crippen LogP contribution in [0.3, 0.4) is 0 Å². The summed E-state index contributed by atoms with van der Waals surface area (Å²) in [4.78, 5) is 12.0. The Hall–Kier alpha value is -0.870. The van der Waals surface area contributed by atoms with E-state index in [0.717, 1.165) is 10.2 Å². The Morgan fingerprint density at radius 3 is 2.67 bits per heavy atom. The van der Waals surface area contributed by atoms with Crippen LogP contribution in [0, 0.1) is 5.92 Å². The number of carbonyl (C=O) groups excluding carboxylic acids is 1. The van der Waals surface area contributed by atoms with E-state index in [1.54, 1.807) is 0 Å². The zero-order valence-corrected chi connectivity index (χ0v) is 14.3. The SMILES string of the molecule is C[C@@H](NCC(=O)Nc1cccc(Br)c1)C1CCCCCC1. The number of halogens is 1. The molecule has 1 atom stereocenters. The van der Waals surface area contributed by atoms with Gasteiger partial charge in [0.1, 0.15) is 0 Å². The van der Waals surface area contributed by atoms with Crippen LogP contribution in [0.25, 0.3) is 0 Å². The predicted octanol–water partition coefficient (Wildman–Crippen LogP) is 4.34. The summed E-state index contributed by atoms with van der Waals surface area (Å²) in [5.74, 6) is 0.736. The van der Waals surface area contributed by atoms with Gasteiger partial charge in [-0.3, -0.25) is 4.79 Å². The lowest BCUT2D eigenvalue weighted by molar-refractivity contribution is -0.115. The molecule has 0 radical (unpaired) electrons. The molecule has 1 aliphatic carbocycles. The second-order valence-corrected chi connectivity index (χ2v) is 6.90. The topological polar surface area (TPSA) is 41.1 Å². The molecule has 3 nitrogen and oxygen atoms in total. The van der Waals surface area contributed by atoms with Crippen LogP contribution in [0.4, 0.5) is 5.69 Å². The summed E-state index contributed by atoms with van der Waals surface area (Å²) >= 11 is 3.41. The summed E-state index contributed by atoms with van der Waals surface area (Å²) in [6, 6.07) is 8.09. The standard InChI is InChI=1S/C17H25BrN2O/c1-13(14-7-4-2-3-5-8-14)19-12-17(21)20-16-10-6-9-15(18)11-16/h6,9-11,13-14,19H,2-5,7-8,12H2,1H3,(H,20,21)/t13-/m1/s1. The van der Waals surface area contributed by atoms with E-state index in [1.165, 1.54) is 38.5 Å². The zero-order valence-electron chi connectivity index (χ0n) is 12.7. The van der Waals surface area contributed by atoms with Gasteiger partial charge >= 0.3 is 0 Å². The van der Waals surface area contributed by atoms with Crippen molar-refractivity contribution in [3.05, 3.63) is 28.7 Å². The van der Waals surface area contributed by atoms with Gasteiger partial charge in [0.05, 0.1) is 6.54 Å². The Labute approximate surface area is 136 Å². The molecule has 1 aliphatic rings. The molecule has 0 bridgehead atoms. The lowest BCUT2D eigenvalue weighted by atomic mass is 9.93. The third-order valence-electron chi connectivity index (χ3n) is 4.30. The zero-order chi connectivity index (χ0) is 15.1. The first-order chi connectivity index (χ1) is 10.1. The van der Waals surface area contributed by atoms with Crippen molar-refractivity contribution in [3.63, 3.8) is 0 Å². The first-order valence-electron chi connectivity index (χ1n) is 7.94. The van der Waals surface area contributed by atoms with E-state index in [2.05, 4.69) is 33.5 Å². The smallest absolute Gasteiger partial charge is 0.238 e. The van der Waals surface area contributed by atoms with Crippen LogP contribution < -0.4 is 10.6 Å². The minimum absolute atomic E-state index is 0.0218. The highest BCUT2D eigenvalue weighted by atomic mass is 79.9. The molecule has 0 saturated heterocycles. The van der Waals surface area contributed by atoms with Crippen molar-refractivity contribution in [2.24, 2.45) is 5.92 Å². The maximum Gasteiger partial charge on any atom is 0.238 e. The average molecular weight is 353 g/mol. The van der Waals surface area contributed by atoms with Crippen LogP contribution in [0.15, 0.2) is 28.7 Å². The Morgan fingerprint density at radius 2 is 2.00 bits per heavy atom. The highest BCUT2D eigenvalue weighted by molar-refractivity contribution is 9.10. The molecule has 0 aliphatic heterocycles. The maximum absolute atomic E-state index is 12.0. The third-order valence-corrected chi connectivity index (χ3v) is 4.79. The van der Waals surface area contributed by atoms with Gasteiger partial charge in [0.25, 0.3) is 0 Å². The monoisotopic (exact) mass is 352 g/mol. The van der Waals surface area contributed by atoms with Crippen LogP contribution in [-0.4, -0.2) is 18.5 Å². The van der Waals surface area contributed by atoms with Crippen LogP contribution >= 0.6 is 15.9 Å². The Balaban J connectivity index is 1.75. The van der Waals surface area contributed by atoms with Gasteiger partial charge in [-0.05, 0) is 43.9 Å². The molecule has 21 heavy (non-hydrogen) atoms. The minimum Gasteiger partial charge on any atom is -0.325 e. The van der Waals surface area contributed by atoms with E-state index >= 15 is 0 Å². The molecule has 1 fully saturated rings. The van der Waals surface area contributed by atoms with Gasteiger partial charge in [-0.15, -0.1) is 0 Å². The molecule has 1 saturated carbocycles. The molecule has 0 aromatic heterocycles. The van der Waals surface area contributed by atoms with Crippen LogP contribution in [0.1, 0.15) is 45.4 Å². The Morgan fingerprint density at radius 1 is 1.29 bits per heavy atom. The summed E-state index contributed by atoms with van der Waals surface area (Å²) in [5.41, 5.74) is 0.832. The fourth-order valence-electron chi connectivity index (χ4n) is 3.00. The molecule has 2 N–H and O–H groups in total. The summed E-state index contributed by atoms with van der Waals surface area (Å²) in [6.45, 7) is 2.59. The molecule has 2 rings (SSSR count). The van der Waals surface area contributed by atoms with E-state index < -0.39 is 0 Å². The highest BCUT2D eigenvalue weighted by Crippen LogP contribution is 2.25. The van der Waals surface area contributed by atoms with E-state index in [-0.39, 0.29) is 5.91 Å². The molecule has 0 unspecified atom stereocenters. The summed E-state index contributed by atoms with van der Waals surface area (Å²) in [6.07, 6.45) is 7.99. The fraction of sp³-hybridized carbons (Fsp3) is 0.588. The van der Waals surface area contributed by atoms with Crippen LogP contribution in [-0.2, 0) is 4.79 Å². The van der Waals surface area contributed by atoms with Gasteiger partial charge in [-0.2, -0.15) is 0 Å². The molecule has 0 heterocycles. The lowest BCUT2D eigenvalue weighted by Crippen LogP contribution is -2.38. The number of nitrogens with one attached hydrogen (secondary N) is 2. The summed E-state index contributed by atoms with van der Waals surface area (Å²) in [5, 5.41) is 6.31. The third kappa shape index (κ3) is 5.79. The first-order valence-corrected chi connectivity index (χ1v) is 8.73. The molecule has 4 heteroatoms. The van der Waals surface area contributed by atoms with Crippen molar-refractivity contribution in [1.82, 2.24) is 5.32 Å². The van der Waals surface area contributed by atoms with Crippen molar-refractivity contribution >= 4 is 27.5 Å². The normalized spacial score (nSPS) is 18.0. The van der Waals surface area contributed by atoms with Crippen molar-refractivity contribution < 1.29 is 4.79 Å².